The number of hydrogen-bond acceptors (Lipinski definition) is 4. The Morgan fingerprint density at radius 2 is 2.00 bits per heavy atom. The third kappa shape index (κ3) is 2.70. The van der Waals surface area contributed by atoms with Crippen molar-refractivity contribution in [1.82, 2.24) is 29.4 Å². The highest BCUT2D eigenvalue weighted by Crippen LogP contribution is 2.32. The number of hydrogen-bond donors (Lipinski definition) is 0. The van der Waals surface area contributed by atoms with Gasteiger partial charge < -0.3 is 0 Å². The smallest absolute Gasteiger partial charge is 0.149 e. The highest BCUT2D eigenvalue weighted by atomic mass is 19.1. The van der Waals surface area contributed by atoms with E-state index in [-0.39, 0.29) is 5.82 Å². The quantitative estimate of drug-likeness (QED) is 0.547. The van der Waals surface area contributed by atoms with E-state index >= 15 is 0 Å². The third-order valence-corrected chi connectivity index (χ3v) is 5.51. The van der Waals surface area contributed by atoms with E-state index in [2.05, 4.69) is 15.0 Å². The van der Waals surface area contributed by atoms with Crippen LogP contribution in [0.5, 0.6) is 0 Å². The highest BCUT2D eigenvalue weighted by Gasteiger charge is 2.21. The summed E-state index contributed by atoms with van der Waals surface area (Å²) in [5, 5.41) is 9.97. The minimum atomic E-state index is -0.282. The summed E-state index contributed by atoms with van der Waals surface area (Å²) in [5.41, 5.74) is 4.99. The van der Waals surface area contributed by atoms with Crippen LogP contribution in [0.2, 0.25) is 0 Å². The van der Waals surface area contributed by atoms with Gasteiger partial charge in [0.05, 0.1) is 17.9 Å². The molecular weight excluding hydrogens is 355 g/mol. The van der Waals surface area contributed by atoms with E-state index in [4.69, 9.17) is 5.10 Å². The molecule has 1 aliphatic heterocycles. The molecule has 4 heterocycles. The SMILES string of the molecule is Cc1c(CN2CCC2)ccc(F)c1-n1nc(-c2cnn(C)c2)c2ccncc21. The number of nitrogens with zero attached hydrogens (tertiary/aromatic N) is 6. The summed E-state index contributed by atoms with van der Waals surface area (Å²) in [7, 11) is 1.87. The molecule has 0 atom stereocenters. The fourth-order valence-corrected chi connectivity index (χ4v) is 3.81. The van der Waals surface area contributed by atoms with Gasteiger partial charge in [0.2, 0.25) is 0 Å². The molecule has 4 aromatic rings. The van der Waals surface area contributed by atoms with Crippen LogP contribution in [0.1, 0.15) is 17.5 Å². The minimum absolute atomic E-state index is 0.282. The maximum Gasteiger partial charge on any atom is 0.149 e. The number of fused-ring (bicyclic) bond motifs is 1. The van der Waals surface area contributed by atoms with E-state index in [1.54, 1.807) is 34.0 Å². The van der Waals surface area contributed by atoms with Crippen LogP contribution in [-0.2, 0) is 13.6 Å². The van der Waals surface area contributed by atoms with Crippen molar-refractivity contribution in [3.05, 3.63) is 59.9 Å². The van der Waals surface area contributed by atoms with Gasteiger partial charge in [-0.2, -0.15) is 10.2 Å². The number of rotatable bonds is 4. The Morgan fingerprint density at radius 1 is 1.14 bits per heavy atom. The van der Waals surface area contributed by atoms with Crippen LogP contribution < -0.4 is 0 Å². The molecule has 28 heavy (non-hydrogen) atoms. The Bertz CT molecular complexity index is 1170. The van der Waals surface area contributed by atoms with Crippen LogP contribution in [0.15, 0.2) is 43.0 Å². The predicted octanol–water partition coefficient (Wildman–Crippen LogP) is 3.47. The summed E-state index contributed by atoms with van der Waals surface area (Å²) in [6, 6.07) is 5.35. The van der Waals surface area contributed by atoms with Gasteiger partial charge in [0.25, 0.3) is 0 Å². The Balaban J connectivity index is 1.70. The average Bonchev–Trinajstić information content (AvgIpc) is 3.24. The first-order valence-corrected chi connectivity index (χ1v) is 9.44. The first kappa shape index (κ1) is 17.1. The molecule has 0 unspecified atom stereocenters. The summed E-state index contributed by atoms with van der Waals surface area (Å²) in [6.07, 6.45) is 8.39. The normalized spacial score (nSPS) is 14.5. The van der Waals surface area contributed by atoms with Crippen molar-refractivity contribution in [2.45, 2.75) is 19.9 Å². The molecule has 5 rings (SSSR count). The lowest BCUT2D eigenvalue weighted by Crippen LogP contribution is -2.36. The van der Waals surface area contributed by atoms with E-state index < -0.39 is 0 Å². The highest BCUT2D eigenvalue weighted by molar-refractivity contribution is 5.93. The van der Waals surface area contributed by atoms with E-state index in [9.17, 15) is 4.39 Å². The molecule has 142 valence electrons. The van der Waals surface area contributed by atoms with Crippen LogP contribution in [0.4, 0.5) is 4.39 Å². The number of halogens is 1. The Labute approximate surface area is 162 Å². The number of likely N-dealkylation sites (tertiary alicyclic amines) is 1. The third-order valence-electron chi connectivity index (χ3n) is 5.51. The van der Waals surface area contributed by atoms with Crippen LogP contribution in [0, 0.1) is 12.7 Å². The van der Waals surface area contributed by atoms with Crippen molar-refractivity contribution in [1.29, 1.82) is 0 Å². The summed E-state index contributed by atoms with van der Waals surface area (Å²) in [4.78, 5) is 6.62. The van der Waals surface area contributed by atoms with Crippen molar-refractivity contribution in [2.75, 3.05) is 13.1 Å². The standard InChI is InChI=1S/C21H21FN6/c1-14-15(13-27-8-3-9-27)4-5-18(22)21(14)28-19-11-23-7-6-17(19)20(25-28)16-10-24-26(2)12-16/h4-7,10-12H,3,8-9,13H2,1-2H3. The molecule has 0 spiro atoms. The van der Waals surface area contributed by atoms with Gasteiger partial charge in [0.1, 0.15) is 17.2 Å². The van der Waals surface area contributed by atoms with Gasteiger partial charge in [-0.1, -0.05) is 6.07 Å². The molecule has 0 bridgehead atoms. The molecule has 0 saturated carbocycles. The first-order chi connectivity index (χ1) is 13.6. The topological polar surface area (TPSA) is 51.8 Å². The lowest BCUT2D eigenvalue weighted by atomic mass is 10.0. The van der Waals surface area contributed by atoms with Crippen molar-refractivity contribution >= 4 is 10.9 Å². The number of aryl methyl sites for hydroxylation is 1. The van der Waals surface area contributed by atoms with Crippen molar-refractivity contribution in [2.24, 2.45) is 7.05 Å². The zero-order chi connectivity index (χ0) is 19.3. The number of benzene rings is 1. The van der Waals surface area contributed by atoms with Gasteiger partial charge >= 0.3 is 0 Å². The summed E-state index contributed by atoms with van der Waals surface area (Å²) in [6.45, 7) is 5.02. The molecule has 6 nitrogen and oxygen atoms in total. The largest absolute Gasteiger partial charge is 0.299 e. The van der Waals surface area contributed by atoms with Crippen molar-refractivity contribution < 1.29 is 4.39 Å². The molecule has 1 fully saturated rings. The second kappa shape index (κ2) is 6.53. The molecule has 0 radical (unpaired) electrons. The van der Waals surface area contributed by atoms with E-state index in [1.165, 1.54) is 6.42 Å². The molecule has 3 aromatic heterocycles. The molecule has 1 aromatic carbocycles. The Morgan fingerprint density at radius 3 is 2.71 bits per heavy atom. The zero-order valence-corrected chi connectivity index (χ0v) is 15.9. The predicted molar refractivity (Wildman–Crippen MR) is 106 cm³/mol. The van der Waals surface area contributed by atoms with E-state index in [0.717, 1.165) is 52.9 Å². The van der Waals surface area contributed by atoms with Gasteiger partial charge in [-0.05, 0) is 49.7 Å². The van der Waals surface area contributed by atoms with Crippen LogP contribution in [0.3, 0.4) is 0 Å². The molecule has 1 saturated heterocycles. The van der Waals surface area contributed by atoms with Crippen LogP contribution >= 0.6 is 0 Å². The van der Waals surface area contributed by atoms with Crippen molar-refractivity contribution in [3.8, 4) is 16.9 Å². The number of aromatic nitrogens is 5. The van der Waals surface area contributed by atoms with E-state index in [1.807, 2.05) is 32.3 Å². The Hall–Kier alpha value is -3.06. The molecule has 1 aliphatic rings. The molecule has 0 N–H and O–H groups in total. The molecule has 0 aliphatic carbocycles. The minimum Gasteiger partial charge on any atom is -0.299 e. The Kier molecular flexibility index (Phi) is 3.98. The monoisotopic (exact) mass is 376 g/mol. The summed E-state index contributed by atoms with van der Waals surface area (Å²) < 4.78 is 18.4. The van der Waals surface area contributed by atoms with Gasteiger partial charge in [-0.15, -0.1) is 0 Å². The summed E-state index contributed by atoms with van der Waals surface area (Å²) >= 11 is 0. The van der Waals surface area contributed by atoms with Gasteiger partial charge in [0.15, 0.2) is 0 Å². The lowest BCUT2D eigenvalue weighted by molar-refractivity contribution is 0.172. The van der Waals surface area contributed by atoms with Crippen molar-refractivity contribution in [3.63, 3.8) is 0 Å². The zero-order valence-electron chi connectivity index (χ0n) is 15.9. The van der Waals surface area contributed by atoms with Gasteiger partial charge in [0, 0.05) is 36.9 Å². The fourth-order valence-electron chi connectivity index (χ4n) is 3.81. The molecule has 7 heteroatoms. The second-order valence-electron chi connectivity index (χ2n) is 7.37. The lowest BCUT2D eigenvalue weighted by Gasteiger charge is -2.31. The maximum atomic E-state index is 15.0. The van der Waals surface area contributed by atoms with E-state index in [0.29, 0.717) is 5.69 Å². The fraction of sp³-hybridized carbons (Fsp3) is 0.286. The molecule has 0 amide bonds. The van der Waals surface area contributed by atoms with Crippen LogP contribution in [0.25, 0.3) is 27.8 Å². The van der Waals surface area contributed by atoms with Crippen LogP contribution in [-0.4, -0.2) is 42.5 Å². The molecular formula is C21H21FN6. The summed E-state index contributed by atoms with van der Waals surface area (Å²) in [5.74, 6) is -0.282. The van der Waals surface area contributed by atoms with Gasteiger partial charge in [-0.25, -0.2) is 9.07 Å². The second-order valence-corrected chi connectivity index (χ2v) is 7.37. The first-order valence-electron chi connectivity index (χ1n) is 9.44. The number of pyridine rings is 1. The average molecular weight is 376 g/mol. The van der Waals surface area contributed by atoms with Gasteiger partial charge in [-0.3, -0.25) is 14.6 Å². The maximum absolute atomic E-state index is 15.0.